The molecule has 7 heteroatoms. The van der Waals surface area contributed by atoms with E-state index in [9.17, 15) is 4.79 Å². The van der Waals surface area contributed by atoms with Gasteiger partial charge in [-0.25, -0.2) is 5.43 Å². The smallest absolute Gasteiger partial charge is 0.277 e. The number of carbonyl (C=O) groups is 1. The molecule has 0 aliphatic carbocycles. The summed E-state index contributed by atoms with van der Waals surface area (Å²) in [5.41, 5.74) is 4.48. The van der Waals surface area contributed by atoms with Crippen LogP contribution in [0, 0.1) is 6.92 Å². The Bertz CT molecular complexity index is 985. The van der Waals surface area contributed by atoms with Gasteiger partial charge in [0.2, 0.25) is 0 Å². The first-order chi connectivity index (χ1) is 13.0. The SMILES string of the molecule is Cc1ccc(-c2ccc(/C=N\NC(=O)COc3ccccc3Cl)o2)c(Br)c1. The molecule has 0 atom stereocenters. The van der Waals surface area contributed by atoms with Crippen LogP contribution in [0.4, 0.5) is 0 Å². The highest BCUT2D eigenvalue weighted by atomic mass is 79.9. The number of hydrogen-bond acceptors (Lipinski definition) is 4. The Hall–Kier alpha value is -2.57. The maximum Gasteiger partial charge on any atom is 0.277 e. The van der Waals surface area contributed by atoms with Gasteiger partial charge in [0.05, 0.1) is 11.2 Å². The van der Waals surface area contributed by atoms with Crippen molar-refractivity contribution in [2.75, 3.05) is 6.61 Å². The van der Waals surface area contributed by atoms with Crippen molar-refractivity contribution >= 4 is 39.7 Å². The monoisotopic (exact) mass is 446 g/mol. The lowest BCUT2D eigenvalue weighted by Gasteiger charge is -2.06. The molecule has 27 heavy (non-hydrogen) atoms. The summed E-state index contributed by atoms with van der Waals surface area (Å²) < 4.78 is 12.0. The molecule has 1 heterocycles. The van der Waals surface area contributed by atoms with Gasteiger partial charge >= 0.3 is 0 Å². The fourth-order valence-corrected chi connectivity index (χ4v) is 3.17. The van der Waals surface area contributed by atoms with Gasteiger partial charge < -0.3 is 9.15 Å². The molecule has 0 fully saturated rings. The van der Waals surface area contributed by atoms with Crippen LogP contribution in [0.15, 0.2) is 68.6 Å². The Morgan fingerprint density at radius 1 is 1.26 bits per heavy atom. The quantitative estimate of drug-likeness (QED) is 0.417. The average molecular weight is 448 g/mol. The molecule has 0 bridgehead atoms. The van der Waals surface area contributed by atoms with Crippen molar-refractivity contribution in [3.8, 4) is 17.1 Å². The van der Waals surface area contributed by atoms with Crippen molar-refractivity contribution < 1.29 is 13.9 Å². The topological polar surface area (TPSA) is 63.8 Å². The fourth-order valence-electron chi connectivity index (χ4n) is 2.29. The van der Waals surface area contributed by atoms with Crippen LogP contribution >= 0.6 is 27.5 Å². The minimum atomic E-state index is -0.403. The summed E-state index contributed by atoms with van der Waals surface area (Å²) in [6, 6.07) is 16.6. The van der Waals surface area contributed by atoms with Crippen LogP contribution in [0.5, 0.6) is 5.75 Å². The molecular formula is C20H16BrClN2O3. The number of nitrogens with zero attached hydrogens (tertiary/aromatic N) is 1. The summed E-state index contributed by atoms with van der Waals surface area (Å²) in [5, 5.41) is 4.32. The summed E-state index contributed by atoms with van der Waals surface area (Å²) in [5.74, 6) is 1.26. The molecule has 1 aromatic heterocycles. The Morgan fingerprint density at radius 2 is 2.07 bits per heavy atom. The molecule has 3 rings (SSSR count). The molecule has 138 valence electrons. The zero-order valence-corrected chi connectivity index (χ0v) is 16.8. The van der Waals surface area contributed by atoms with Gasteiger partial charge in [-0.2, -0.15) is 5.10 Å². The number of furan rings is 1. The van der Waals surface area contributed by atoms with E-state index in [1.165, 1.54) is 6.21 Å². The lowest BCUT2D eigenvalue weighted by atomic mass is 10.1. The second-order valence-electron chi connectivity index (χ2n) is 5.70. The number of ether oxygens (including phenoxy) is 1. The predicted molar refractivity (Wildman–Crippen MR) is 109 cm³/mol. The Kier molecular flexibility index (Phi) is 6.32. The minimum Gasteiger partial charge on any atom is -0.482 e. The van der Waals surface area contributed by atoms with Crippen molar-refractivity contribution in [3.63, 3.8) is 0 Å². The second kappa shape index (κ2) is 8.88. The van der Waals surface area contributed by atoms with Crippen molar-refractivity contribution in [2.45, 2.75) is 6.92 Å². The predicted octanol–water partition coefficient (Wildman–Crippen LogP) is 5.20. The fraction of sp³-hybridized carbons (Fsp3) is 0.100. The van der Waals surface area contributed by atoms with Gasteiger partial charge in [-0.15, -0.1) is 0 Å². The molecule has 0 spiro atoms. The Morgan fingerprint density at radius 3 is 2.85 bits per heavy atom. The maximum atomic E-state index is 11.8. The highest BCUT2D eigenvalue weighted by Crippen LogP contribution is 2.30. The van der Waals surface area contributed by atoms with Gasteiger partial charge in [0.1, 0.15) is 17.3 Å². The first-order valence-electron chi connectivity index (χ1n) is 8.08. The summed E-state index contributed by atoms with van der Waals surface area (Å²) in [4.78, 5) is 11.8. The lowest BCUT2D eigenvalue weighted by molar-refractivity contribution is -0.123. The van der Waals surface area contributed by atoms with E-state index >= 15 is 0 Å². The first kappa shape index (κ1) is 19.2. The van der Waals surface area contributed by atoms with Crippen LogP contribution < -0.4 is 10.2 Å². The van der Waals surface area contributed by atoms with E-state index in [-0.39, 0.29) is 6.61 Å². The zero-order chi connectivity index (χ0) is 19.2. The minimum absolute atomic E-state index is 0.194. The number of rotatable bonds is 6. The number of hydrogen-bond donors (Lipinski definition) is 1. The van der Waals surface area contributed by atoms with Gasteiger partial charge in [0.15, 0.2) is 6.61 Å². The lowest BCUT2D eigenvalue weighted by Crippen LogP contribution is -2.24. The highest BCUT2D eigenvalue weighted by molar-refractivity contribution is 9.10. The third kappa shape index (κ3) is 5.21. The summed E-state index contributed by atoms with van der Waals surface area (Å²) in [6.45, 7) is 1.83. The van der Waals surface area contributed by atoms with Gasteiger partial charge in [-0.05, 0) is 48.9 Å². The number of para-hydroxylation sites is 1. The highest BCUT2D eigenvalue weighted by Gasteiger charge is 2.08. The van der Waals surface area contributed by atoms with Crippen molar-refractivity contribution in [1.29, 1.82) is 0 Å². The van der Waals surface area contributed by atoms with Gasteiger partial charge in [0.25, 0.3) is 5.91 Å². The van der Waals surface area contributed by atoms with Crippen LogP contribution in [-0.4, -0.2) is 18.7 Å². The first-order valence-corrected chi connectivity index (χ1v) is 9.25. The van der Waals surface area contributed by atoms with E-state index in [0.717, 1.165) is 15.6 Å². The maximum absolute atomic E-state index is 11.8. The summed E-state index contributed by atoms with van der Waals surface area (Å²) in [6.07, 6.45) is 1.43. The number of amides is 1. The molecule has 1 amide bonds. The Balaban J connectivity index is 1.55. The molecule has 2 aromatic carbocycles. The van der Waals surface area contributed by atoms with Crippen molar-refractivity contribution in [3.05, 3.63) is 75.4 Å². The van der Waals surface area contributed by atoms with Crippen LogP contribution in [0.2, 0.25) is 5.02 Å². The molecule has 0 aliphatic heterocycles. The van der Waals surface area contributed by atoms with E-state index < -0.39 is 5.91 Å². The molecule has 0 saturated carbocycles. The summed E-state index contributed by atoms with van der Waals surface area (Å²) >= 11 is 9.49. The standard InChI is InChI=1S/C20H16BrClN2O3/c1-13-6-8-15(16(21)10-13)18-9-7-14(27-18)11-23-24-20(25)12-26-19-5-3-2-4-17(19)22/h2-11H,12H2,1H3,(H,24,25)/b23-11-. The number of carbonyl (C=O) groups excluding carboxylic acids is 1. The van der Waals surface area contributed by atoms with Gasteiger partial charge in [0, 0.05) is 10.0 Å². The third-order valence-electron chi connectivity index (χ3n) is 3.59. The van der Waals surface area contributed by atoms with E-state index in [4.69, 9.17) is 20.8 Å². The molecule has 0 saturated heterocycles. The van der Waals surface area contributed by atoms with E-state index in [0.29, 0.717) is 22.3 Å². The van der Waals surface area contributed by atoms with Gasteiger partial charge in [-0.3, -0.25) is 4.79 Å². The molecular weight excluding hydrogens is 432 g/mol. The normalized spacial score (nSPS) is 10.9. The van der Waals surface area contributed by atoms with Crippen LogP contribution in [0.25, 0.3) is 11.3 Å². The van der Waals surface area contributed by atoms with Crippen molar-refractivity contribution in [1.82, 2.24) is 5.43 Å². The molecule has 3 aromatic rings. The van der Waals surface area contributed by atoms with E-state index in [1.54, 1.807) is 30.3 Å². The zero-order valence-electron chi connectivity index (χ0n) is 14.4. The van der Waals surface area contributed by atoms with Crippen LogP contribution in [0.3, 0.4) is 0 Å². The van der Waals surface area contributed by atoms with Crippen LogP contribution in [-0.2, 0) is 4.79 Å². The molecule has 1 N–H and O–H groups in total. The van der Waals surface area contributed by atoms with Gasteiger partial charge in [-0.1, -0.05) is 45.7 Å². The number of hydrazone groups is 1. The van der Waals surface area contributed by atoms with Crippen molar-refractivity contribution in [2.24, 2.45) is 5.10 Å². The number of benzene rings is 2. The average Bonchev–Trinajstić information content (AvgIpc) is 3.09. The van der Waals surface area contributed by atoms with E-state index in [2.05, 4.69) is 26.5 Å². The third-order valence-corrected chi connectivity index (χ3v) is 4.56. The molecule has 0 radical (unpaired) electrons. The molecule has 5 nitrogen and oxygen atoms in total. The number of halogens is 2. The molecule has 0 unspecified atom stereocenters. The second-order valence-corrected chi connectivity index (χ2v) is 6.96. The largest absolute Gasteiger partial charge is 0.482 e. The molecule has 0 aliphatic rings. The van der Waals surface area contributed by atoms with E-state index in [1.807, 2.05) is 31.2 Å². The Labute approximate surface area is 170 Å². The summed E-state index contributed by atoms with van der Waals surface area (Å²) in [7, 11) is 0. The number of aryl methyl sites for hydroxylation is 1. The number of nitrogens with one attached hydrogen (secondary N) is 1. The van der Waals surface area contributed by atoms with Crippen LogP contribution in [0.1, 0.15) is 11.3 Å².